The largest absolute Gasteiger partial charge is 0.352 e. The van der Waals surface area contributed by atoms with Gasteiger partial charge in [-0.3, -0.25) is 4.79 Å². The van der Waals surface area contributed by atoms with E-state index in [0.717, 1.165) is 4.88 Å². The summed E-state index contributed by atoms with van der Waals surface area (Å²) >= 11 is 1.51. The van der Waals surface area contributed by atoms with Crippen molar-refractivity contribution in [3.05, 3.63) is 22.4 Å². The van der Waals surface area contributed by atoms with Crippen molar-refractivity contribution in [2.24, 2.45) is 11.7 Å². The molecule has 0 aliphatic heterocycles. The first-order chi connectivity index (χ1) is 7.02. The summed E-state index contributed by atoms with van der Waals surface area (Å²) in [5.74, 6) is 0.322. The first-order valence-corrected chi connectivity index (χ1v) is 5.99. The van der Waals surface area contributed by atoms with E-state index in [1.54, 1.807) is 0 Å². The fourth-order valence-corrected chi connectivity index (χ4v) is 1.80. The lowest BCUT2D eigenvalue weighted by Crippen LogP contribution is -2.41. The van der Waals surface area contributed by atoms with Gasteiger partial charge >= 0.3 is 0 Å². The third kappa shape index (κ3) is 3.32. The van der Waals surface area contributed by atoms with Crippen molar-refractivity contribution in [2.45, 2.75) is 32.9 Å². The Balaban J connectivity index is 2.54. The molecule has 1 heterocycles. The molecule has 1 rings (SSSR count). The average Bonchev–Trinajstić information content (AvgIpc) is 2.68. The van der Waals surface area contributed by atoms with Crippen LogP contribution < -0.4 is 11.1 Å². The molecule has 0 aliphatic carbocycles. The van der Waals surface area contributed by atoms with Crippen LogP contribution in [0.3, 0.4) is 0 Å². The zero-order chi connectivity index (χ0) is 11.4. The number of carbonyl (C=O) groups excluding carboxylic acids is 1. The topological polar surface area (TPSA) is 55.1 Å². The lowest BCUT2D eigenvalue weighted by atomic mass is 10.1. The maximum absolute atomic E-state index is 11.7. The van der Waals surface area contributed by atoms with Crippen molar-refractivity contribution < 1.29 is 4.79 Å². The molecule has 0 aliphatic rings. The molecule has 1 aromatic heterocycles. The average molecular weight is 226 g/mol. The van der Waals surface area contributed by atoms with Gasteiger partial charge in [0.15, 0.2) is 0 Å². The smallest absolute Gasteiger partial charge is 0.242 e. The van der Waals surface area contributed by atoms with Gasteiger partial charge in [-0.1, -0.05) is 19.9 Å². The Morgan fingerprint density at radius 2 is 2.13 bits per heavy atom. The van der Waals surface area contributed by atoms with Crippen LogP contribution in [0.4, 0.5) is 0 Å². The summed E-state index contributed by atoms with van der Waals surface area (Å²) in [5, 5.41) is 4.84. The molecule has 0 saturated heterocycles. The van der Waals surface area contributed by atoms with Gasteiger partial charge in [0.25, 0.3) is 0 Å². The second kappa shape index (κ2) is 5.28. The summed E-state index contributed by atoms with van der Waals surface area (Å²) in [6.07, 6.45) is 0. The molecule has 0 bridgehead atoms. The number of rotatable bonds is 4. The van der Waals surface area contributed by atoms with E-state index in [0.29, 0.717) is 5.92 Å². The molecule has 1 amide bonds. The predicted octanol–water partition coefficient (Wildman–Crippen LogP) is 1.91. The Bertz CT molecular complexity index is 308. The van der Waals surface area contributed by atoms with Gasteiger partial charge in [-0.25, -0.2) is 0 Å². The zero-order valence-electron chi connectivity index (χ0n) is 9.36. The maximum atomic E-state index is 11.7. The number of hydrogen-bond acceptors (Lipinski definition) is 3. The normalized spacial score (nSPS) is 15.0. The molecule has 3 nitrogen and oxygen atoms in total. The minimum absolute atomic E-state index is 0.0985. The first kappa shape index (κ1) is 12.2. The van der Waals surface area contributed by atoms with E-state index in [2.05, 4.69) is 19.2 Å². The maximum Gasteiger partial charge on any atom is 0.242 e. The van der Waals surface area contributed by atoms with E-state index in [9.17, 15) is 4.79 Å². The van der Waals surface area contributed by atoms with Gasteiger partial charge in [0.05, 0.1) is 0 Å². The van der Waals surface area contributed by atoms with E-state index in [1.165, 1.54) is 11.3 Å². The highest BCUT2D eigenvalue weighted by atomic mass is 32.1. The van der Waals surface area contributed by atoms with Gasteiger partial charge in [0, 0.05) is 10.9 Å². The molecule has 0 spiro atoms. The van der Waals surface area contributed by atoms with Crippen LogP contribution >= 0.6 is 11.3 Å². The van der Waals surface area contributed by atoms with Gasteiger partial charge in [0.1, 0.15) is 6.04 Å². The summed E-state index contributed by atoms with van der Waals surface area (Å²) < 4.78 is 0. The Kier molecular flexibility index (Phi) is 4.29. The Morgan fingerprint density at radius 3 is 2.60 bits per heavy atom. The van der Waals surface area contributed by atoms with Crippen LogP contribution in [0.25, 0.3) is 0 Å². The standard InChI is InChI=1S/C11H18N2OS/c1-7(2)8(3)13-11(14)10(12)9-5-4-6-15-9/h4-8,10H,12H2,1-3H3,(H,13,14). The first-order valence-electron chi connectivity index (χ1n) is 5.11. The van der Waals surface area contributed by atoms with E-state index < -0.39 is 6.04 Å². The van der Waals surface area contributed by atoms with Crippen molar-refractivity contribution >= 4 is 17.2 Å². The molecule has 84 valence electrons. The van der Waals surface area contributed by atoms with Crippen LogP contribution in [-0.4, -0.2) is 11.9 Å². The Hall–Kier alpha value is -0.870. The van der Waals surface area contributed by atoms with E-state index in [4.69, 9.17) is 5.73 Å². The number of nitrogens with one attached hydrogen (secondary N) is 1. The summed E-state index contributed by atoms with van der Waals surface area (Å²) in [4.78, 5) is 12.6. The summed E-state index contributed by atoms with van der Waals surface area (Å²) in [6, 6.07) is 3.41. The molecule has 3 N–H and O–H groups in total. The Labute approximate surface area is 94.7 Å². The molecule has 4 heteroatoms. The summed E-state index contributed by atoms with van der Waals surface area (Å²) in [7, 11) is 0. The molecule has 2 atom stereocenters. The number of amides is 1. The van der Waals surface area contributed by atoms with Gasteiger partial charge in [0.2, 0.25) is 5.91 Å². The second-order valence-electron chi connectivity index (χ2n) is 4.03. The van der Waals surface area contributed by atoms with Crippen LogP contribution in [0, 0.1) is 5.92 Å². The quantitative estimate of drug-likeness (QED) is 0.824. The minimum Gasteiger partial charge on any atom is -0.352 e. The second-order valence-corrected chi connectivity index (χ2v) is 5.01. The van der Waals surface area contributed by atoms with Crippen LogP contribution in [0.2, 0.25) is 0 Å². The molecule has 0 radical (unpaired) electrons. The Morgan fingerprint density at radius 1 is 1.47 bits per heavy atom. The number of hydrogen-bond donors (Lipinski definition) is 2. The molecular weight excluding hydrogens is 208 g/mol. The fourth-order valence-electron chi connectivity index (χ4n) is 1.08. The highest BCUT2D eigenvalue weighted by Gasteiger charge is 2.19. The van der Waals surface area contributed by atoms with Gasteiger partial charge in [-0.05, 0) is 24.3 Å². The lowest BCUT2D eigenvalue weighted by Gasteiger charge is -2.19. The van der Waals surface area contributed by atoms with Gasteiger partial charge in [-0.2, -0.15) is 0 Å². The number of carbonyl (C=O) groups is 1. The highest BCUT2D eigenvalue weighted by Crippen LogP contribution is 2.17. The van der Waals surface area contributed by atoms with Crippen molar-refractivity contribution in [3.8, 4) is 0 Å². The summed E-state index contributed by atoms with van der Waals surface area (Å²) in [5.41, 5.74) is 5.83. The van der Waals surface area contributed by atoms with E-state index in [-0.39, 0.29) is 11.9 Å². The minimum atomic E-state index is -0.536. The number of nitrogens with two attached hydrogens (primary N) is 1. The van der Waals surface area contributed by atoms with Crippen LogP contribution in [0.1, 0.15) is 31.7 Å². The molecular formula is C11H18N2OS. The monoisotopic (exact) mass is 226 g/mol. The zero-order valence-corrected chi connectivity index (χ0v) is 10.2. The van der Waals surface area contributed by atoms with Crippen LogP contribution in [0.5, 0.6) is 0 Å². The van der Waals surface area contributed by atoms with E-state index in [1.807, 2.05) is 24.4 Å². The van der Waals surface area contributed by atoms with Crippen LogP contribution in [-0.2, 0) is 4.79 Å². The van der Waals surface area contributed by atoms with Crippen molar-refractivity contribution in [3.63, 3.8) is 0 Å². The summed E-state index contributed by atoms with van der Waals surface area (Å²) in [6.45, 7) is 6.13. The van der Waals surface area contributed by atoms with Crippen molar-refractivity contribution in [1.29, 1.82) is 0 Å². The third-order valence-corrected chi connectivity index (χ3v) is 3.46. The predicted molar refractivity (Wildman–Crippen MR) is 63.7 cm³/mol. The molecule has 0 aromatic carbocycles. The molecule has 0 fully saturated rings. The highest BCUT2D eigenvalue weighted by molar-refractivity contribution is 7.10. The fraction of sp³-hybridized carbons (Fsp3) is 0.545. The van der Waals surface area contributed by atoms with Gasteiger partial charge in [-0.15, -0.1) is 11.3 Å². The SMILES string of the molecule is CC(C)C(C)NC(=O)C(N)c1cccs1. The molecule has 1 aromatic rings. The molecule has 2 unspecified atom stereocenters. The van der Waals surface area contributed by atoms with E-state index >= 15 is 0 Å². The molecule has 0 saturated carbocycles. The lowest BCUT2D eigenvalue weighted by molar-refractivity contribution is -0.123. The number of thiophene rings is 1. The third-order valence-electron chi connectivity index (χ3n) is 2.50. The molecule has 15 heavy (non-hydrogen) atoms. The van der Waals surface area contributed by atoms with Crippen molar-refractivity contribution in [2.75, 3.05) is 0 Å². The van der Waals surface area contributed by atoms with Gasteiger partial charge < -0.3 is 11.1 Å². The van der Waals surface area contributed by atoms with Crippen molar-refractivity contribution in [1.82, 2.24) is 5.32 Å². The van der Waals surface area contributed by atoms with Crippen LogP contribution in [0.15, 0.2) is 17.5 Å².